The van der Waals surface area contributed by atoms with E-state index in [-0.39, 0.29) is 5.41 Å². The monoisotopic (exact) mass is 373 g/mol. The number of hydrogen-bond acceptors (Lipinski definition) is 4. The Kier molecular flexibility index (Phi) is 4.72. The molecule has 2 aromatic heterocycles. The number of nitrogens with zero attached hydrogens (tertiary/aromatic N) is 2. The van der Waals surface area contributed by atoms with E-state index < -0.39 is 0 Å². The Morgan fingerprint density at radius 3 is 2.50 bits per heavy atom. The maximum atomic E-state index is 6.01. The minimum absolute atomic E-state index is 0.0677. The molecule has 20 heavy (non-hydrogen) atoms. The van der Waals surface area contributed by atoms with E-state index in [1.165, 1.54) is 11.3 Å². The van der Waals surface area contributed by atoms with Gasteiger partial charge in [-0.25, -0.2) is 9.97 Å². The van der Waals surface area contributed by atoms with Gasteiger partial charge in [0, 0.05) is 12.0 Å². The van der Waals surface area contributed by atoms with Gasteiger partial charge in [0.25, 0.3) is 0 Å². The van der Waals surface area contributed by atoms with Crippen molar-refractivity contribution in [1.82, 2.24) is 9.97 Å². The Bertz CT molecular complexity index is 619. The molecule has 6 heteroatoms. The van der Waals surface area contributed by atoms with Crippen molar-refractivity contribution in [2.75, 3.05) is 11.9 Å². The van der Waals surface area contributed by atoms with Crippen LogP contribution in [-0.4, -0.2) is 16.5 Å². The molecule has 0 saturated heterocycles. The normalized spacial score (nSPS) is 11.7. The van der Waals surface area contributed by atoms with E-state index in [1.54, 1.807) is 0 Å². The van der Waals surface area contributed by atoms with E-state index in [1.807, 2.05) is 19.1 Å². The summed E-state index contributed by atoms with van der Waals surface area (Å²) in [5, 5.41) is 3.28. The molecule has 0 unspecified atom stereocenters. The average molecular weight is 375 g/mol. The third-order valence-electron chi connectivity index (χ3n) is 2.70. The molecule has 2 aromatic rings. The van der Waals surface area contributed by atoms with Gasteiger partial charge in [-0.2, -0.15) is 0 Å². The molecule has 0 amide bonds. The van der Waals surface area contributed by atoms with Gasteiger partial charge in [0.2, 0.25) is 0 Å². The largest absolute Gasteiger partial charge is 0.369 e. The summed E-state index contributed by atoms with van der Waals surface area (Å²) in [5.74, 6) is 1.54. The summed E-state index contributed by atoms with van der Waals surface area (Å²) in [6.07, 6.45) is 0. The molecule has 0 bridgehead atoms. The highest BCUT2D eigenvalue weighted by Crippen LogP contribution is 2.36. The van der Waals surface area contributed by atoms with E-state index in [2.05, 4.69) is 47.0 Å². The standard InChI is InChI=1S/C14H17BrClN3S/c1-5-17-13-10(15)11(14(2,3)4)18-12(19-13)8-6-7-9(16)20-8/h6-7H,5H2,1-4H3,(H,17,18,19). The van der Waals surface area contributed by atoms with Crippen LogP contribution in [0, 0.1) is 0 Å². The van der Waals surface area contributed by atoms with Crippen molar-refractivity contribution < 1.29 is 0 Å². The van der Waals surface area contributed by atoms with Gasteiger partial charge in [-0.1, -0.05) is 32.4 Å². The zero-order valence-electron chi connectivity index (χ0n) is 11.9. The minimum atomic E-state index is -0.0677. The van der Waals surface area contributed by atoms with Crippen LogP contribution >= 0.6 is 38.9 Å². The Morgan fingerprint density at radius 1 is 1.30 bits per heavy atom. The quantitative estimate of drug-likeness (QED) is 0.787. The van der Waals surface area contributed by atoms with Crippen molar-refractivity contribution in [3.05, 3.63) is 26.6 Å². The van der Waals surface area contributed by atoms with Crippen LogP contribution in [0.2, 0.25) is 4.34 Å². The van der Waals surface area contributed by atoms with Gasteiger partial charge in [0.1, 0.15) is 5.82 Å². The molecule has 108 valence electrons. The van der Waals surface area contributed by atoms with Gasteiger partial charge in [-0.05, 0) is 35.0 Å². The maximum absolute atomic E-state index is 6.01. The van der Waals surface area contributed by atoms with Gasteiger partial charge in [0.15, 0.2) is 5.82 Å². The lowest BCUT2D eigenvalue weighted by Crippen LogP contribution is -2.17. The number of nitrogens with one attached hydrogen (secondary N) is 1. The highest BCUT2D eigenvalue weighted by atomic mass is 79.9. The van der Waals surface area contributed by atoms with E-state index in [0.717, 1.165) is 31.7 Å². The molecular weight excluding hydrogens is 358 g/mol. The van der Waals surface area contributed by atoms with Gasteiger partial charge in [-0.3, -0.25) is 0 Å². The van der Waals surface area contributed by atoms with Crippen LogP contribution in [0.1, 0.15) is 33.4 Å². The fourth-order valence-corrected chi connectivity index (χ4v) is 3.66. The van der Waals surface area contributed by atoms with E-state index in [9.17, 15) is 0 Å². The van der Waals surface area contributed by atoms with Crippen molar-refractivity contribution in [3.8, 4) is 10.7 Å². The molecule has 2 heterocycles. The Balaban J connectivity index is 2.61. The molecule has 0 aliphatic rings. The van der Waals surface area contributed by atoms with Crippen LogP contribution in [0.5, 0.6) is 0 Å². The topological polar surface area (TPSA) is 37.8 Å². The van der Waals surface area contributed by atoms with Crippen molar-refractivity contribution in [2.45, 2.75) is 33.1 Å². The summed E-state index contributed by atoms with van der Waals surface area (Å²) < 4.78 is 1.67. The first kappa shape index (κ1) is 15.7. The number of aromatic nitrogens is 2. The molecule has 0 fully saturated rings. The first-order chi connectivity index (χ1) is 9.32. The fraction of sp³-hybridized carbons (Fsp3) is 0.429. The van der Waals surface area contributed by atoms with Gasteiger partial charge in [0.05, 0.1) is 19.4 Å². The number of anilines is 1. The molecular formula is C14H17BrClN3S. The SMILES string of the molecule is CCNc1nc(-c2ccc(Cl)s2)nc(C(C)(C)C)c1Br. The van der Waals surface area contributed by atoms with E-state index in [4.69, 9.17) is 16.6 Å². The lowest BCUT2D eigenvalue weighted by molar-refractivity contribution is 0.564. The lowest BCUT2D eigenvalue weighted by Gasteiger charge is -2.21. The van der Waals surface area contributed by atoms with Crippen molar-refractivity contribution >= 4 is 44.7 Å². The van der Waals surface area contributed by atoms with Crippen LogP contribution in [0.25, 0.3) is 10.7 Å². The van der Waals surface area contributed by atoms with Gasteiger partial charge < -0.3 is 5.32 Å². The molecule has 2 rings (SSSR count). The third kappa shape index (κ3) is 3.32. The molecule has 0 aliphatic heterocycles. The zero-order valence-corrected chi connectivity index (χ0v) is 15.1. The second-order valence-electron chi connectivity index (χ2n) is 5.44. The third-order valence-corrected chi connectivity index (χ3v) is 4.68. The molecule has 1 N–H and O–H groups in total. The smallest absolute Gasteiger partial charge is 0.172 e. The first-order valence-corrected chi connectivity index (χ1v) is 8.39. The molecule has 0 radical (unpaired) electrons. The highest BCUT2D eigenvalue weighted by Gasteiger charge is 2.23. The van der Waals surface area contributed by atoms with E-state index in [0.29, 0.717) is 5.82 Å². The molecule has 3 nitrogen and oxygen atoms in total. The predicted octanol–water partition coefficient (Wildman–Crippen LogP) is 5.35. The van der Waals surface area contributed by atoms with Crippen LogP contribution in [0.4, 0.5) is 5.82 Å². The molecule has 0 spiro atoms. The van der Waals surface area contributed by atoms with Gasteiger partial charge >= 0.3 is 0 Å². The lowest BCUT2D eigenvalue weighted by atomic mass is 9.92. The number of hydrogen-bond donors (Lipinski definition) is 1. The first-order valence-electron chi connectivity index (χ1n) is 6.40. The summed E-state index contributed by atoms with van der Waals surface area (Å²) in [6.45, 7) is 9.28. The average Bonchev–Trinajstić information content (AvgIpc) is 2.77. The molecule has 0 atom stereocenters. The van der Waals surface area contributed by atoms with Crippen LogP contribution in [0.3, 0.4) is 0 Å². The molecule has 0 aliphatic carbocycles. The van der Waals surface area contributed by atoms with Crippen molar-refractivity contribution in [2.24, 2.45) is 0 Å². The van der Waals surface area contributed by atoms with Crippen molar-refractivity contribution in [3.63, 3.8) is 0 Å². The second-order valence-corrected chi connectivity index (χ2v) is 7.95. The summed E-state index contributed by atoms with van der Waals surface area (Å²) >= 11 is 11.1. The fourth-order valence-electron chi connectivity index (χ4n) is 1.77. The van der Waals surface area contributed by atoms with Crippen LogP contribution in [-0.2, 0) is 5.41 Å². The zero-order chi connectivity index (χ0) is 14.9. The Labute approximate surface area is 136 Å². The number of thiophene rings is 1. The predicted molar refractivity (Wildman–Crippen MR) is 90.9 cm³/mol. The Morgan fingerprint density at radius 2 is 2.00 bits per heavy atom. The second kappa shape index (κ2) is 6.00. The summed E-state index contributed by atoms with van der Waals surface area (Å²) in [7, 11) is 0. The summed E-state index contributed by atoms with van der Waals surface area (Å²) in [6, 6.07) is 3.83. The maximum Gasteiger partial charge on any atom is 0.172 e. The summed E-state index contributed by atoms with van der Waals surface area (Å²) in [5.41, 5.74) is 0.921. The Hall–Kier alpha value is -0.650. The van der Waals surface area contributed by atoms with Crippen LogP contribution in [0.15, 0.2) is 16.6 Å². The molecule has 0 aromatic carbocycles. The van der Waals surface area contributed by atoms with Crippen molar-refractivity contribution in [1.29, 1.82) is 0 Å². The number of rotatable bonds is 3. The van der Waals surface area contributed by atoms with Crippen LogP contribution < -0.4 is 5.32 Å². The summed E-state index contributed by atoms with van der Waals surface area (Å²) in [4.78, 5) is 10.3. The minimum Gasteiger partial charge on any atom is -0.369 e. The number of halogens is 2. The molecule has 0 saturated carbocycles. The highest BCUT2D eigenvalue weighted by molar-refractivity contribution is 9.10. The van der Waals surface area contributed by atoms with E-state index >= 15 is 0 Å². The van der Waals surface area contributed by atoms with Gasteiger partial charge in [-0.15, -0.1) is 11.3 Å².